The van der Waals surface area contributed by atoms with Crippen molar-refractivity contribution in [3.63, 3.8) is 0 Å². The van der Waals surface area contributed by atoms with Crippen LogP contribution in [0.15, 0.2) is 11.6 Å². The van der Waals surface area contributed by atoms with Gasteiger partial charge in [-0.25, -0.2) is 4.79 Å². The number of rotatable bonds is 3. The molecule has 1 aliphatic carbocycles. The molecule has 0 spiro atoms. The Morgan fingerprint density at radius 3 is 2.67 bits per heavy atom. The van der Waals surface area contributed by atoms with Gasteiger partial charge in [0.25, 0.3) is 11.8 Å². The Bertz CT molecular complexity index is 1160. The Morgan fingerprint density at radius 1 is 1.27 bits per heavy atom. The van der Waals surface area contributed by atoms with Gasteiger partial charge in [0.1, 0.15) is 10.6 Å². The Balaban J connectivity index is 1.84. The van der Waals surface area contributed by atoms with E-state index in [0.29, 0.717) is 16.1 Å². The monoisotopic (exact) mass is 443 g/mol. The van der Waals surface area contributed by atoms with Gasteiger partial charge in [-0.1, -0.05) is 0 Å². The molecule has 0 unspecified atom stereocenters. The van der Waals surface area contributed by atoms with Crippen LogP contribution in [0, 0.1) is 13.8 Å². The van der Waals surface area contributed by atoms with Gasteiger partial charge in [-0.15, -0.1) is 11.3 Å². The average Bonchev–Trinajstić information content (AvgIpc) is 3.20. The normalized spacial score (nSPS) is 18.0. The molecule has 156 valence electrons. The quantitative estimate of drug-likeness (QED) is 0.432. The Hall–Kier alpha value is -2.78. The lowest BCUT2D eigenvalue weighted by Gasteiger charge is -2.25. The summed E-state index contributed by atoms with van der Waals surface area (Å²) in [6, 6.07) is 1.86. The van der Waals surface area contributed by atoms with Crippen molar-refractivity contribution in [3.8, 4) is 5.00 Å². The highest BCUT2D eigenvalue weighted by Gasteiger charge is 2.32. The summed E-state index contributed by atoms with van der Waals surface area (Å²) in [5, 5.41) is 13.2. The molecule has 4 rings (SSSR count). The van der Waals surface area contributed by atoms with E-state index in [2.05, 4.69) is 5.32 Å². The van der Waals surface area contributed by atoms with E-state index in [1.165, 1.54) is 23.3 Å². The first-order valence-electron chi connectivity index (χ1n) is 9.63. The number of nitrogens with zero attached hydrogens (tertiary/aromatic N) is 2. The number of carboxylic acid groups (broad SMARTS) is 1. The van der Waals surface area contributed by atoms with Crippen LogP contribution in [0.25, 0.3) is 11.1 Å². The van der Waals surface area contributed by atoms with Crippen molar-refractivity contribution < 1.29 is 19.5 Å². The lowest BCUT2D eigenvalue weighted by atomic mass is 9.95. The van der Waals surface area contributed by atoms with Gasteiger partial charge < -0.3 is 9.67 Å². The van der Waals surface area contributed by atoms with Gasteiger partial charge in [-0.2, -0.15) is 0 Å². The van der Waals surface area contributed by atoms with Crippen LogP contribution in [0.4, 0.5) is 0 Å². The van der Waals surface area contributed by atoms with Crippen molar-refractivity contribution in [2.24, 2.45) is 0 Å². The molecule has 7 nitrogen and oxygen atoms in total. The van der Waals surface area contributed by atoms with E-state index in [9.17, 15) is 19.5 Å². The summed E-state index contributed by atoms with van der Waals surface area (Å²) >= 11 is 6.51. The third-order valence-electron chi connectivity index (χ3n) is 5.64. The second kappa shape index (κ2) is 7.48. The lowest BCUT2D eigenvalue weighted by Crippen LogP contribution is -2.52. The van der Waals surface area contributed by atoms with Gasteiger partial charge in [0, 0.05) is 23.3 Å². The minimum Gasteiger partial charge on any atom is -0.478 e. The number of thiocarbonyl (C=S) groups is 1. The number of amides is 2. The first kappa shape index (κ1) is 20.5. The maximum atomic E-state index is 12.5. The summed E-state index contributed by atoms with van der Waals surface area (Å²) in [6.45, 7) is 3.76. The number of aromatic carboxylic acids is 1. The van der Waals surface area contributed by atoms with Crippen molar-refractivity contribution in [3.05, 3.63) is 44.6 Å². The third kappa shape index (κ3) is 3.18. The predicted octanol–water partition coefficient (Wildman–Crippen LogP) is 2.99. The first-order valence-corrected chi connectivity index (χ1v) is 10.9. The summed E-state index contributed by atoms with van der Waals surface area (Å²) in [6.07, 6.45) is 5.29. The third-order valence-corrected chi connectivity index (χ3v) is 7.30. The van der Waals surface area contributed by atoms with Crippen LogP contribution in [0.2, 0.25) is 0 Å². The molecule has 1 fully saturated rings. The second-order valence-corrected chi connectivity index (χ2v) is 9.01. The fourth-order valence-electron chi connectivity index (χ4n) is 4.08. The van der Waals surface area contributed by atoms with Crippen molar-refractivity contribution in [2.75, 3.05) is 7.05 Å². The van der Waals surface area contributed by atoms with Gasteiger partial charge in [0.05, 0.1) is 5.56 Å². The smallest absolute Gasteiger partial charge is 0.339 e. The van der Waals surface area contributed by atoms with Crippen LogP contribution < -0.4 is 5.32 Å². The molecule has 0 aromatic carbocycles. The number of aromatic nitrogens is 1. The number of carbonyl (C=O) groups excluding carboxylic acids is 2. The predicted molar refractivity (Wildman–Crippen MR) is 118 cm³/mol. The zero-order valence-corrected chi connectivity index (χ0v) is 18.5. The zero-order valence-electron chi connectivity index (χ0n) is 16.9. The molecule has 0 atom stereocenters. The number of fused-ring (bicyclic) bond motifs is 1. The summed E-state index contributed by atoms with van der Waals surface area (Å²) in [4.78, 5) is 39.3. The first-order chi connectivity index (χ1) is 14.2. The molecule has 0 radical (unpaired) electrons. The van der Waals surface area contributed by atoms with Crippen molar-refractivity contribution in [1.82, 2.24) is 14.8 Å². The van der Waals surface area contributed by atoms with Gasteiger partial charge in [0.2, 0.25) is 0 Å². The molecule has 1 aliphatic heterocycles. The highest BCUT2D eigenvalue weighted by Crippen LogP contribution is 2.39. The molecular weight excluding hydrogens is 422 g/mol. The van der Waals surface area contributed by atoms with E-state index in [0.717, 1.165) is 47.5 Å². The van der Waals surface area contributed by atoms with E-state index in [1.807, 2.05) is 24.5 Å². The number of hydrogen-bond acceptors (Lipinski definition) is 5. The van der Waals surface area contributed by atoms with Gasteiger partial charge in [-0.05, 0) is 75.0 Å². The molecule has 2 aliphatic rings. The Kier molecular flexibility index (Phi) is 5.11. The van der Waals surface area contributed by atoms with Gasteiger partial charge >= 0.3 is 5.97 Å². The number of thiophene rings is 1. The summed E-state index contributed by atoms with van der Waals surface area (Å²) in [5.41, 5.74) is 3.61. The van der Waals surface area contributed by atoms with Crippen LogP contribution >= 0.6 is 23.6 Å². The molecule has 0 saturated carbocycles. The molecule has 9 heteroatoms. The van der Waals surface area contributed by atoms with Crippen LogP contribution in [-0.2, 0) is 22.4 Å². The molecule has 2 amide bonds. The SMILES string of the molecule is Cc1cc(/C=C2\C(=O)NC(=S)N(C)C2=O)c(C)n1-c1sc2c(c1C(=O)O)CCCC2. The number of carboxylic acids is 1. The highest BCUT2D eigenvalue weighted by molar-refractivity contribution is 7.80. The van der Waals surface area contributed by atoms with E-state index in [1.54, 1.807) is 6.08 Å². The zero-order chi connectivity index (χ0) is 21.7. The molecule has 30 heavy (non-hydrogen) atoms. The van der Waals surface area contributed by atoms with E-state index >= 15 is 0 Å². The van der Waals surface area contributed by atoms with Crippen LogP contribution in [0.1, 0.15) is 50.6 Å². The fourth-order valence-corrected chi connectivity index (χ4v) is 5.74. The number of nitrogens with one attached hydrogen (secondary N) is 1. The maximum Gasteiger partial charge on any atom is 0.339 e. The average molecular weight is 444 g/mol. The molecule has 3 heterocycles. The van der Waals surface area contributed by atoms with Crippen LogP contribution in [-0.4, -0.2) is 44.5 Å². The molecule has 2 N–H and O–H groups in total. The standard InChI is InChI=1S/C21H21N3O4S2/c1-10-8-12(9-14-17(25)22-21(29)23(3)18(14)26)11(2)24(10)19-16(20(27)28)13-6-4-5-7-15(13)30-19/h8-9H,4-7H2,1-3H3,(H,27,28)(H,22,25,29)/b14-9+. The van der Waals surface area contributed by atoms with Crippen molar-refractivity contribution in [1.29, 1.82) is 0 Å². The minimum absolute atomic E-state index is 0.00437. The van der Waals surface area contributed by atoms with E-state index in [4.69, 9.17) is 12.2 Å². The molecule has 2 aromatic rings. The fraction of sp³-hybridized carbons (Fsp3) is 0.333. The molecule has 2 aromatic heterocycles. The van der Waals surface area contributed by atoms with E-state index < -0.39 is 17.8 Å². The van der Waals surface area contributed by atoms with Crippen molar-refractivity contribution in [2.45, 2.75) is 39.5 Å². The molecular formula is C21H21N3O4S2. The maximum absolute atomic E-state index is 12.5. The summed E-state index contributed by atoms with van der Waals surface area (Å²) in [7, 11) is 1.51. The Labute approximate surface area is 183 Å². The number of aryl methyl sites for hydroxylation is 2. The topological polar surface area (TPSA) is 91.6 Å². The van der Waals surface area contributed by atoms with Crippen LogP contribution in [0.3, 0.4) is 0 Å². The lowest BCUT2D eigenvalue weighted by molar-refractivity contribution is -0.128. The van der Waals surface area contributed by atoms with Gasteiger partial charge in [-0.3, -0.25) is 19.8 Å². The number of carbonyl (C=O) groups is 3. The van der Waals surface area contributed by atoms with Gasteiger partial charge in [0.15, 0.2) is 5.11 Å². The van der Waals surface area contributed by atoms with E-state index in [-0.39, 0.29) is 10.7 Å². The summed E-state index contributed by atoms with van der Waals surface area (Å²) < 4.78 is 1.92. The largest absolute Gasteiger partial charge is 0.478 e. The molecule has 0 bridgehead atoms. The van der Waals surface area contributed by atoms with Crippen LogP contribution in [0.5, 0.6) is 0 Å². The highest BCUT2D eigenvalue weighted by atomic mass is 32.1. The number of hydrogen-bond donors (Lipinski definition) is 2. The van der Waals surface area contributed by atoms with Crippen molar-refractivity contribution >= 4 is 52.5 Å². The Morgan fingerprint density at radius 2 is 1.97 bits per heavy atom. The summed E-state index contributed by atoms with van der Waals surface area (Å²) in [5.74, 6) is -1.93. The molecule has 1 saturated heterocycles. The second-order valence-electron chi connectivity index (χ2n) is 7.54. The number of likely N-dealkylation sites (N-methyl/N-ethyl adjacent to an activating group) is 1. The minimum atomic E-state index is -0.922.